The Morgan fingerprint density at radius 3 is 2.96 bits per heavy atom. The zero-order chi connectivity index (χ0) is 17.1. The van der Waals surface area contributed by atoms with Crippen molar-refractivity contribution in [2.45, 2.75) is 6.54 Å². The Hall–Kier alpha value is -3.33. The number of hydrogen-bond donors (Lipinski definition) is 2. The van der Waals surface area contributed by atoms with Gasteiger partial charge in [0, 0.05) is 35.7 Å². The second-order valence-electron chi connectivity index (χ2n) is 5.26. The van der Waals surface area contributed by atoms with Gasteiger partial charge in [0.05, 0.1) is 24.6 Å². The molecule has 0 bridgehead atoms. The third kappa shape index (κ3) is 3.45. The minimum Gasteiger partial charge on any atom is -0.318 e. The summed E-state index contributed by atoms with van der Waals surface area (Å²) in [7, 11) is 0. The van der Waals surface area contributed by atoms with Crippen molar-refractivity contribution >= 4 is 22.9 Å². The summed E-state index contributed by atoms with van der Waals surface area (Å²) >= 11 is 1.39. The molecule has 0 radical (unpaired) electrons. The minimum absolute atomic E-state index is 0.269. The van der Waals surface area contributed by atoms with E-state index in [2.05, 4.69) is 30.6 Å². The van der Waals surface area contributed by atoms with E-state index in [0.29, 0.717) is 17.9 Å². The second-order valence-corrected chi connectivity index (χ2v) is 6.12. The minimum atomic E-state index is -0.269. The molecule has 0 aliphatic rings. The molecular weight excluding hydrogens is 338 g/mol. The molecule has 0 saturated heterocycles. The lowest BCUT2D eigenvalue weighted by molar-refractivity contribution is 0.102. The molecule has 0 spiro atoms. The smallest absolute Gasteiger partial charge is 0.275 e. The molecule has 0 aliphatic heterocycles. The van der Waals surface area contributed by atoms with Gasteiger partial charge in [-0.05, 0) is 17.7 Å². The molecule has 2 N–H and O–H groups in total. The van der Waals surface area contributed by atoms with Gasteiger partial charge in [0.2, 0.25) is 0 Å². The molecule has 8 nitrogen and oxygen atoms in total. The number of pyridine rings is 1. The average Bonchev–Trinajstić information content (AvgIpc) is 3.37. The Kier molecular flexibility index (Phi) is 4.05. The van der Waals surface area contributed by atoms with E-state index in [0.717, 1.165) is 16.1 Å². The molecule has 0 fully saturated rings. The number of amides is 1. The highest BCUT2D eigenvalue weighted by Crippen LogP contribution is 2.22. The highest BCUT2D eigenvalue weighted by molar-refractivity contribution is 7.13. The summed E-state index contributed by atoms with van der Waals surface area (Å²) in [6.45, 7) is 0.611. The number of aromatic nitrogens is 6. The van der Waals surface area contributed by atoms with E-state index in [1.54, 1.807) is 47.2 Å². The number of H-pyrrole nitrogens is 1. The number of rotatable bonds is 5. The first-order valence-corrected chi connectivity index (χ1v) is 8.33. The van der Waals surface area contributed by atoms with Gasteiger partial charge in [0.25, 0.3) is 5.91 Å². The molecule has 124 valence electrons. The maximum Gasteiger partial charge on any atom is 0.275 e. The van der Waals surface area contributed by atoms with Gasteiger partial charge in [0.15, 0.2) is 0 Å². The molecule has 0 aliphatic carbocycles. The topological polar surface area (TPSA) is 101 Å². The van der Waals surface area contributed by atoms with Crippen molar-refractivity contribution < 1.29 is 4.79 Å². The Labute approximate surface area is 146 Å². The molecule has 1 amide bonds. The van der Waals surface area contributed by atoms with Crippen LogP contribution in [0, 0.1) is 0 Å². The van der Waals surface area contributed by atoms with Crippen LogP contribution in [0.4, 0.5) is 5.69 Å². The van der Waals surface area contributed by atoms with Crippen LogP contribution in [0.25, 0.3) is 10.6 Å². The highest BCUT2D eigenvalue weighted by Gasteiger charge is 2.13. The fourth-order valence-electron chi connectivity index (χ4n) is 2.26. The van der Waals surface area contributed by atoms with E-state index in [-0.39, 0.29) is 5.91 Å². The van der Waals surface area contributed by atoms with E-state index < -0.39 is 0 Å². The van der Waals surface area contributed by atoms with Crippen molar-refractivity contribution in [1.82, 2.24) is 29.9 Å². The van der Waals surface area contributed by atoms with Gasteiger partial charge in [-0.15, -0.1) is 11.3 Å². The van der Waals surface area contributed by atoms with Crippen LogP contribution in [-0.2, 0) is 6.54 Å². The van der Waals surface area contributed by atoms with Gasteiger partial charge in [-0.1, -0.05) is 0 Å². The Balaban J connectivity index is 1.43. The van der Waals surface area contributed by atoms with E-state index in [4.69, 9.17) is 0 Å². The quantitative estimate of drug-likeness (QED) is 0.575. The van der Waals surface area contributed by atoms with Gasteiger partial charge in [-0.3, -0.25) is 19.6 Å². The molecule has 0 unspecified atom stereocenters. The zero-order valence-corrected chi connectivity index (χ0v) is 13.8. The number of carbonyl (C=O) groups is 1. The predicted octanol–water partition coefficient (Wildman–Crippen LogP) is 2.43. The van der Waals surface area contributed by atoms with Gasteiger partial charge < -0.3 is 5.32 Å². The standard InChI is InChI=1S/C16H13N7OS/c24-15(14-10-25-16(22-14)12-5-18-19-6-12)21-13-7-20-23(9-13)8-11-1-3-17-4-2-11/h1-7,9-10H,8H2,(H,18,19)(H,21,24). The lowest BCUT2D eigenvalue weighted by Crippen LogP contribution is -2.11. The highest BCUT2D eigenvalue weighted by atomic mass is 32.1. The summed E-state index contributed by atoms with van der Waals surface area (Å²) in [6.07, 6.45) is 10.3. The molecule has 4 rings (SSSR count). The van der Waals surface area contributed by atoms with Crippen molar-refractivity contribution in [3.05, 3.63) is 66.0 Å². The first-order valence-electron chi connectivity index (χ1n) is 7.45. The van der Waals surface area contributed by atoms with Gasteiger partial charge in [0.1, 0.15) is 10.7 Å². The van der Waals surface area contributed by atoms with Crippen molar-refractivity contribution in [3.63, 3.8) is 0 Å². The number of hydrogen-bond acceptors (Lipinski definition) is 6. The van der Waals surface area contributed by atoms with Gasteiger partial charge >= 0.3 is 0 Å². The monoisotopic (exact) mass is 351 g/mol. The summed E-state index contributed by atoms with van der Waals surface area (Å²) in [6, 6.07) is 3.85. The van der Waals surface area contributed by atoms with E-state index in [9.17, 15) is 4.79 Å². The van der Waals surface area contributed by atoms with Crippen LogP contribution in [0.1, 0.15) is 16.1 Å². The van der Waals surface area contributed by atoms with Crippen molar-refractivity contribution in [2.75, 3.05) is 5.32 Å². The number of nitrogens with one attached hydrogen (secondary N) is 2. The van der Waals surface area contributed by atoms with Crippen LogP contribution in [0.15, 0.2) is 54.7 Å². The maximum absolute atomic E-state index is 12.3. The first kappa shape index (κ1) is 15.2. The molecule has 0 saturated carbocycles. The van der Waals surface area contributed by atoms with Crippen LogP contribution in [0.2, 0.25) is 0 Å². The summed E-state index contributed by atoms with van der Waals surface area (Å²) < 4.78 is 1.75. The third-order valence-corrected chi connectivity index (χ3v) is 4.36. The maximum atomic E-state index is 12.3. The van der Waals surface area contributed by atoms with E-state index in [1.165, 1.54) is 11.3 Å². The SMILES string of the molecule is O=C(Nc1cnn(Cc2ccncc2)c1)c1csc(-c2cn[nH]c2)n1. The van der Waals surface area contributed by atoms with Crippen LogP contribution in [0.3, 0.4) is 0 Å². The van der Waals surface area contributed by atoms with Gasteiger partial charge in [-0.2, -0.15) is 10.2 Å². The van der Waals surface area contributed by atoms with Crippen molar-refractivity contribution in [2.24, 2.45) is 0 Å². The molecule has 25 heavy (non-hydrogen) atoms. The van der Waals surface area contributed by atoms with Crippen LogP contribution in [0.5, 0.6) is 0 Å². The summed E-state index contributed by atoms with van der Waals surface area (Å²) in [5, 5.41) is 16.1. The van der Waals surface area contributed by atoms with Crippen LogP contribution >= 0.6 is 11.3 Å². The number of aromatic amines is 1. The average molecular weight is 351 g/mol. The summed E-state index contributed by atoms with van der Waals surface area (Å²) in [4.78, 5) is 20.7. The van der Waals surface area contributed by atoms with E-state index >= 15 is 0 Å². The summed E-state index contributed by atoms with van der Waals surface area (Å²) in [5.41, 5.74) is 2.93. The number of thiazole rings is 1. The Bertz CT molecular complexity index is 975. The van der Waals surface area contributed by atoms with Crippen LogP contribution < -0.4 is 5.32 Å². The number of carbonyl (C=O) groups excluding carboxylic acids is 1. The Morgan fingerprint density at radius 2 is 2.16 bits per heavy atom. The van der Waals surface area contributed by atoms with Crippen molar-refractivity contribution in [3.8, 4) is 10.6 Å². The zero-order valence-electron chi connectivity index (χ0n) is 13.0. The van der Waals surface area contributed by atoms with E-state index in [1.807, 2.05) is 12.1 Å². The molecular formula is C16H13N7OS. The second kappa shape index (κ2) is 6.65. The molecule has 4 aromatic heterocycles. The summed E-state index contributed by atoms with van der Waals surface area (Å²) in [5.74, 6) is -0.269. The third-order valence-electron chi connectivity index (χ3n) is 3.47. The Morgan fingerprint density at radius 1 is 1.28 bits per heavy atom. The van der Waals surface area contributed by atoms with Crippen molar-refractivity contribution in [1.29, 1.82) is 0 Å². The number of nitrogens with zero attached hydrogens (tertiary/aromatic N) is 5. The molecule has 0 atom stereocenters. The molecule has 9 heteroatoms. The molecule has 0 aromatic carbocycles. The fraction of sp³-hybridized carbons (Fsp3) is 0.0625. The normalized spacial score (nSPS) is 10.7. The molecule has 4 heterocycles. The van der Waals surface area contributed by atoms with Crippen LogP contribution in [-0.4, -0.2) is 35.9 Å². The lowest BCUT2D eigenvalue weighted by Gasteiger charge is -2.01. The first-order chi connectivity index (χ1) is 12.3. The predicted molar refractivity (Wildman–Crippen MR) is 93.2 cm³/mol. The largest absolute Gasteiger partial charge is 0.318 e. The van der Waals surface area contributed by atoms with Gasteiger partial charge in [-0.25, -0.2) is 4.98 Å². The fourth-order valence-corrected chi connectivity index (χ4v) is 3.05. The lowest BCUT2D eigenvalue weighted by atomic mass is 10.3. The molecule has 4 aromatic rings. The number of anilines is 1.